The summed E-state index contributed by atoms with van der Waals surface area (Å²) in [7, 11) is 0. The van der Waals surface area contributed by atoms with Gasteiger partial charge in [0.1, 0.15) is 0 Å². The van der Waals surface area contributed by atoms with Gasteiger partial charge in [-0.05, 0) is 57.1 Å². The lowest BCUT2D eigenvalue weighted by molar-refractivity contribution is 0.278. The van der Waals surface area contributed by atoms with E-state index in [1.165, 1.54) is 61.8 Å². The fourth-order valence-corrected chi connectivity index (χ4v) is 3.68. The maximum absolute atomic E-state index is 3.67. The van der Waals surface area contributed by atoms with Crippen LogP contribution in [0.3, 0.4) is 0 Å². The van der Waals surface area contributed by atoms with Crippen LogP contribution >= 0.6 is 0 Å². The molecule has 19 heavy (non-hydrogen) atoms. The van der Waals surface area contributed by atoms with Crippen molar-refractivity contribution in [2.75, 3.05) is 13.1 Å². The Kier molecular flexibility index (Phi) is 5.04. The second kappa shape index (κ2) is 6.56. The number of hydrogen-bond donors (Lipinski definition) is 1. The molecular weight excluding hydrogens is 230 g/mol. The van der Waals surface area contributed by atoms with E-state index < -0.39 is 0 Å². The maximum Gasteiger partial charge on any atom is 0.00110 e. The lowest BCUT2D eigenvalue weighted by Crippen LogP contribution is -2.34. The van der Waals surface area contributed by atoms with Gasteiger partial charge < -0.3 is 5.32 Å². The Hall–Kier alpha value is -0.820. The zero-order valence-corrected chi connectivity index (χ0v) is 12.9. The van der Waals surface area contributed by atoms with Gasteiger partial charge in [-0.3, -0.25) is 0 Å². The van der Waals surface area contributed by atoms with Crippen LogP contribution in [0, 0.1) is 19.3 Å². The van der Waals surface area contributed by atoms with Gasteiger partial charge in [0.05, 0.1) is 0 Å². The molecule has 1 saturated carbocycles. The molecule has 0 radical (unpaired) electrons. The molecule has 0 bridgehead atoms. The first-order valence-corrected chi connectivity index (χ1v) is 7.91. The molecule has 0 atom stereocenters. The highest BCUT2D eigenvalue weighted by molar-refractivity contribution is 5.29. The smallest absolute Gasteiger partial charge is 0.00110 e. The Balaban J connectivity index is 2.07. The summed E-state index contributed by atoms with van der Waals surface area (Å²) in [6.07, 6.45) is 8.12. The van der Waals surface area contributed by atoms with Gasteiger partial charge in [0.25, 0.3) is 0 Å². The Morgan fingerprint density at radius 2 is 1.68 bits per heavy atom. The van der Waals surface area contributed by atoms with Crippen molar-refractivity contribution in [1.82, 2.24) is 5.32 Å². The van der Waals surface area contributed by atoms with E-state index in [4.69, 9.17) is 0 Å². The van der Waals surface area contributed by atoms with Crippen molar-refractivity contribution >= 4 is 0 Å². The molecule has 2 rings (SSSR count). The van der Waals surface area contributed by atoms with Crippen LogP contribution in [-0.2, 0) is 6.42 Å². The molecule has 1 N–H and O–H groups in total. The molecule has 1 aromatic carbocycles. The SMILES string of the molecule is CCCNCC1(Cc2cc(C)cc(C)c2)CCCC1. The summed E-state index contributed by atoms with van der Waals surface area (Å²) < 4.78 is 0. The summed E-state index contributed by atoms with van der Waals surface area (Å²) in [6.45, 7) is 9.04. The van der Waals surface area contributed by atoms with Crippen molar-refractivity contribution in [3.8, 4) is 0 Å². The Bertz CT molecular complexity index is 382. The van der Waals surface area contributed by atoms with Crippen molar-refractivity contribution in [1.29, 1.82) is 0 Å². The second-order valence-electron chi connectivity index (χ2n) is 6.56. The molecule has 0 saturated heterocycles. The van der Waals surface area contributed by atoms with Gasteiger partial charge >= 0.3 is 0 Å². The number of aryl methyl sites for hydroxylation is 2. The molecule has 1 aliphatic rings. The van der Waals surface area contributed by atoms with E-state index in [0.717, 1.165) is 6.54 Å². The standard InChI is InChI=1S/C18H29N/c1-4-9-19-14-18(7-5-6-8-18)13-17-11-15(2)10-16(3)12-17/h10-12,19H,4-9,13-14H2,1-3H3. The molecule has 1 aliphatic carbocycles. The summed E-state index contributed by atoms with van der Waals surface area (Å²) in [4.78, 5) is 0. The van der Waals surface area contributed by atoms with Gasteiger partial charge in [-0.1, -0.05) is 49.1 Å². The van der Waals surface area contributed by atoms with Crippen LogP contribution in [0.25, 0.3) is 0 Å². The minimum atomic E-state index is 0.523. The summed E-state index contributed by atoms with van der Waals surface area (Å²) >= 11 is 0. The fraction of sp³-hybridized carbons (Fsp3) is 0.667. The highest BCUT2D eigenvalue weighted by Crippen LogP contribution is 2.40. The summed E-state index contributed by atoms with van der Waals surface area (Å²) in [5.74, 6) is 0. The van der Waals surface area contributed by atoms with E-state index in [-0.39, 0.29) is 0 Å². The van der Waals surface area contributed by atoms with Crippen LogP contribution in [0.4, 0.5) is 0 Å². The minimum absolute atomic E-state index is 0.523. The summed E-state index contributed by atoms with van der Waals surface area (Å²) in [5.41, 5.74) is 4.88. The van der Waals surface area contributed by atoms with Gasteiger partial charge in [0.2, 0.25) is 0 Å². The topological polar surface area (TPSA) is 12.0 Å². The van der Waals surface area contributed by atoms with Gasteiger partial charge in [0, 0.05) is 6.54 Å². The molecule has 0 amide bonds. The van der Waals surface area contributed by atoms with Gasteiger partial charge in [-0.25, -0.2) is 0 Å². The van der Waals surface area contributed by atoms with Crippen LogP contribution in [0.1, 0.15) is 55.7 Å². The average Bonchev–Trinajstić information content (AvgIpc) is 2.77. The molecule has 1 nitrogen and oxygen atoms in total. The monoisotopic (exact) mass is 259 g/mol. The highest BCUT2D eigenvalue weighted by atomic mass is 14.9. The third-order valence-corrected chi connectivity index (χ3v) is 4.45. The zero-order valence-electron chi connectivity index (χ0n) is 12.9. The lowest BCUT2D eigenvalue weighted by atomic mass is 9.79. The summed E-state index contributed by atoms with van der Waals surface area (Å²) in [5, 5.41) is 3.67. The first kappa shape index (κ1) is 14.6. The van der Waals surface area contributed by atoms with Crippen molar-refractivity contribution in [3.63, 3.8) is 0 Å². The third-order valence-electron chi connectivity index (χ3n) is 4.45. The molecule has 0 unspecified atom stereocenters. The normalized spacial score (nSPS) is 17.8. The van der Waals surface area contributed by atoms with Gasteiger partial charge in [-0.2, -0.15) is 0 Å². The first-order chi connectivity index (χ1) is 9.13. The predicted molar refractivity (Wildman–Crippen MR) is 83.7 cm³/mol. The van der Waals surface area contributed by atoms with Crippen molar-refractivity contribution < 1.29 is 0 Å². The average molecular weight is 259 g/mol. The van der Waals surface area contributed by atoms with Crippen LogP contribution in [0.15, 0.2) is 18.2 Å². The predicted octanol–water partition coefficient (Wildman–Crippen LogP) is 4.41. The summed E-state index contributed by atoms with van der Waals surface area (Å²) in [6, 6.07) is 7.04. The number of nitrogens with one attached hydrogen (secondary N) is 1. The van der Waals surface area contributed by atoms with Crippen molar-refractivity contribution in [2.24, 2.45) is 5.41 Å². The molecule has 1 fully saturated rings. The quantitative estimate of drug-likeness (QED) is 0.746. The Morgan fingerprint density at radius 3 is 2.26 bits per heavy atom. The number of benzene rings is 1. The lowest BCUT2D eigenvalue weighted by Gasteiger charge is -2.30. The number of rotatable bonds is 6. The fourth-order valence-electron chi connectivity index (χ4n) is 3.68. The van der Waals surface area contributed by atoms with Crippen LogP contribution in [-0.4, -0.2) is 13.1 Å². The van der Waals surface area contributed by atoms with Crippen LogP contribution in [0.2, 0.25) is 0 Å². The molecule has 1 aromatic rings. The molecule has 0 aromatic heterocycles. The number of hydrogen-bond acceptors (Lipinski definition) is 1. The molecular formula is C18H29N. The van der Waals surface area contributed by atoms with E-state index in [1.807, 2.05) is 0 Å². The van der Waals surface area contributed by atoms with E-state index in [9.17, 15) is 0 Å². The van der Waals surface area contributed by atoms with E-state index in [2.05, 4.69) is 44.3 Å². The molecule has 0 aliphatic heterocycles. The maximum atomic E-state index is 3.67. The second-order valence-corrected chi connectivity index (χ2v) is 6.56. The highest BCUT2D eigenvalue weighted by Gasteiger charge is 2.33. The molecule has 0 spiro atoms. The van der Waals surface area contributed by atoms with E-state index in [1.54, 1.807) is 0 Å². The Morgan fingerprint density at radius 1 is 1.05 bits per heavy atom. The van der Waals surface area contributed by atoms with Crippen LogP contribution < -0.4 is 5.32 Å². The first-order valence-electron chi connectivity index (χ1n) is 7.91. The van der Waals surface area contributed by atoms with E-state index in [0.29, 0.717) is 5.41 Å². The van der Waals surface area contributed by atoms with Crippen LogP contribution in [0.5, 0.6) is 0 Å². The largest absolute Gasteiger partial charge is 0.316 e. The van der Waals surface area contributed by atoms with E-state index >= 15 is 0 Å². The minimum Gasteiger partial charge on any atom is -0.316 e. The van der Waals surface area contributed by atoms with Gasteiger partial charge in [-0.15, -0.1) is 0 Å². The zero-order chi connectivity index (χ0) is 13.7. The molecule has 0 heterocycles. The Labute approximate surface area is 118 Å². The van der Waals surface area contributed by atoms with Crippen molar-refractivity contribution in [2.45, 2.75) is 59.3 Å². The van der Waals surface area contributed by atoms with Crippen molar-refractivity contribution in [3.05, 3.63) is 34.9 Å². The third kappa shape index (κ3) is 4.07. The molecule has 106 valence electrons. The molecule has 1 heteroatoms. The van der Waals surface area contributed by atoms with Gasteiger partial charge in [0.15, 0.2) is 0 Å².